The van der Waals surface area contributed by atoms with Gasteiger partial charge in [0.15, 0.2) is 0 Å². The molecule has 1 aliphatic rings. The van der Waals surface area contributed by atoms with Crippen molar-refractivity contribution in [3.05, 3.63) is 65.8 Å². The summed E-state index contributed by atoms with van der Waals surface area (Å²) in [7, 11) is 3.86. The van der Waals surface area contributed by atoms with Gasteiger partial charge in [0.1, 0.15) is 5.75 Å². The van der Waals surface area contributed by atoms with Crippen LogP contribution in [0.5, 0.6) is 5.75 Å². The minimum absolute atomic E-state index is 0.506. The predicted octanol–water partition coefficient (Wildman–Crippen LogP) is 4.55. The van der Waals surface area contributed by atoms with E-state index in [0.717, 1.165) is 60.1 Å². The van der Waals surface area contributed by atoms with Gasteiger partial charge in [-0.1, -0.05) is 23.7 Å². The molecular weight excluding hydrogens is 424 g/mol. The van der Waals surface area contributed by atoms with Gasteiger partial charge in [-0.15, -0.1) is 5.10 Å². The van der Waals surface area contributed by atoms with Crippen molar-refractivity contribution < 1.29 is 4.74 Å². The van der Waals surface area contributed by atoms with Gasteiger partial charge in [0, 0.05) is 48.5 Å². The third kappa shape index (κ3) is 4.09. The summed E-state index contributed by atoms with van der Waals surface area (Å²) in [5.74, 6) is 1.34. The molecule has 4 aromatic rings. The topological polar surface area (TPSA) is 57.9 Å². The van der Waals surface area contributed by atoms with Gasteiger partial charge in [-0.25, -0.2) is 9.50 Å². The summed E-state index contributed by atoms with van der Waals surface area (Å²) in [6.07, 6.45) is 1.80. The van der Waals surface area contributed by atoms with Crippen molar-refractivity contribution in [2.45, 2.75) is 0 Å². The molecule has 5 rings (SSSR count). The number of rotatable bonds is 5. The molecule has 1 saturated heterocycles. The molecule has 2 aromatic heterocycles. The van der Waals surface area contributed by atoms with Crippen LogP contribution in [0.3, 0.4) is 0 Å². The SMILES string of the molecule is COc1cc(Nc2ncc3ccc(-c4cccc(Cl)c4)n3n2)ccc1N1CCN(C)CC1. The molecule has 1 fully saturated rings. The monoisotopic (exact) mass is 448 g/mol. The first kappa shape index (κ1) is 20.6. The molecule has 1 N–H and O–H groups in total. The summed E-state index contributed by atoms with van der Waals surface area (Å²) in [5.41, 5.74) is 4.84. The summed E-state index contributed by atoms with van der Waals surface area (Å²) in [4.78, 5) is 9.18. The Bertz CT molecular complexity index is 1250. The minimum atomic E-state index is 0.506. The number of halogens is 1. The second kappa shape index (κ2) is 8.68. The van der Waals surface area contributed by atoms with Crippen molar-refractivity contribution in [2.24, 2.45) is 0 Å². The molecular formula is C24H25ClN6O. The molecule has 0 atom stereocenters. The van der Waals surface area contributed by atoms with Gasteiger partial charge < -0.3 is 19.9 Å². The fourth-order valence-electron chi connectivity index (χ4n) is 4.02. The standard InChI is InChI=1S/C24H25ClN6O/c1-29-10-12-30(13-11-29)22-8-6-19(15-23(22)32-2)27-24-26-16-20-7-9-21(31(20)28-24)17-4-3-5-18(25)14-17/h3-9,14-16H,10-13H2,1-2H3,(H,27,28). The zero-order chi connectivity index (χ0) is 22.1. The van der Waals surface area contributed by atoms with Crippen molar-refractivity contribution in [2.75, 3.05) is 50.6 Å². The van der Waals surface area contributed by atoms with E-state index in [-0.39, 0.29) is 0 Å². The first-order valence-corrected chi connectivity index (χ1v) is 11.0. The molecule has 0 bridgehead atoms. The first-order chi connectivity index (χ1) is 15.6. The van der Waals surface area contributed by atoms with Crippen molar-refractivity contribution in [1.29, 1.82) is 0 Å². The fourth-order valence-corrected chi connectivity index (χ4v) is 4.21. The van der Waals surface area contributed by atoms with Gasteiger partial charge in [0.25, 0.3) is 0 Å². The van der Waals surface area contributed by atoms with Crippen LogP contribution in [0.1, 0.15) is 0 Å². The van der Waals surface area contributed by atoms with Crippen LogP contribution in [0.15, 0.2) is 60.8 Å². The molecule has 7 nitrogen and oxygen atoms in total. The second-order valence-electron chi connectivity index (χ2n) is 7.95. The van der Waals surface area contributed by atoms with Crippen LogP contribution in [-0.4, -0.2) is 59.8 Å². The van der Waals surface area contributed by atoms with Crippen LogP contribution in [0, 0.1) is 0 Å². The summed E-state index contributed by atoms with van der Waals surface area (Å²) in [5, 5.41) is 8.71. The Kier molecular flexibility index (Phi) is 5.59. The van der Waals surface area contributed by atoms with Gasteiger partial charge in [0.2, 0.25) is 5.95 Å². The number of fused-ring (bicyclic) bond motifs is 1. The van der Waals surface area contributed by atoms with Gasteiger partial charge in [-0.2, -0.15) is 0 Å². The Morgan fingerprint density at radius 3 is 2.62 bits per heavy atom. The summed E-state index contributed by atoms with van der Waals surface area (Å²) >= 11 is 6.18. The van der Waals surface area contributed by atoms with E-state index < -0.39 is 0 Å². The number of methoxy groups -OCH3 is 1. The van der Waals surface area contributed by atoms with E-state index >= 15 is 0 Å². The van der Waals surface area contributed by atoms with Gasteiger partial charge in [-0.05, 0) is 43.4 Å². The summed E-state index contributed by atoms with van der Waals surface area (Å²) in [6.45, 7) is 4.06. The maximum absolute atomic E-state index is 6.18. The number of nitrogens with one attached hydrogen (secondary N) is 1. The number of nitrogens with zero attached hydrogens (tertiary/aromatic N) is 5. The zero-order valence-corrected chi connectivity index (χ0v) is 18.9. The average molecular weight is 449 g/mol. The Morgan fingerprint density at radius 1 is 1.00 bits per heavy atom. The molecule has 0 amide bonds. The van der Waals surface area contributed by atoms with Crippen molar-refractivity contribution in [1.82, 2.24) is 19.5 Å². The van der Waals surface area contributed by atoms with Crippen LogP contribution in [0.2, 0.25) is 5.02 Å². The maximum atomic E-state index is 6.18. The molecule has 0 spiro atoms. The second-order valence-corrected chi connectivity index (χ2v) is 8.39. The lowest BCUT2D eigenvalue weighted by Gasteiger charge is -2.34. The number of likely N-dealkylation sites (N-methyl/N-ethyl adjacent to an activating group) is 1. The minimum Gasteiger partial charge on any atom is -0.495 e. The smallest absolute Gasteiger partial charge is 0.245 e. The maximum Gasteiger partial charge on any atom is 0.245 e. The number of piperazine rings is 1. The average Bonchev–Trinajstić information content (AvgIpc) is 3.23. The number of ether oxygens (including phenoxy) is 1. The number of benzene rings is 2. The van der Waals surface area contributed by atoms with Gasteiger partial charge >= 0.3 is 0 Å². The largest absolute Gasteiger partial charge is 0.495 e. The number of hydrogen-bond acceptors (Lipinski definition) is 6. The number of aromatic nitrogens is 3. The Labute approximate surface area is 192 Å². The third-order valence-electron chi connectivity index (χ3n) is 5.80. The van der Waals surface area contributed by atoms with Crippen LogP contribution < -0.4 is 15.0 Å². The van der Waals surface area contributed by atoms with Crippen LogP contribution in [0.4, 0.5) is 17.3 Å². The zero-order valence-electron chi connectivity index (χ0n) is 18.1. The van der Waals surface area contributed by atoms with Crippen molar-refractivity contribution >= 4 is 34.4 Å². The molecule has 0 saturated carbocycles. The highest BCUT2D eigenvalue weighted by atomic mass is 35.5. The molecule has 32 heavy (non-hydrogen) atoms. The molecule has 0 unspecified atom stereocenters. The Balaban J connectivity index is 1.42. The molecule has 164 valence electrons. The first-order valence-electron chi connectivity index (χ1n) is 10.6. The molecule has 3 heterocycles. The molecule has 1 aliphatic heterocycles. The predicted molar refractivity (Wildman–Crippen MR) is 129 cm³/mol. The molecule has 0 radical (unpaired) electrons. The van der Waals surface area contributed by atoms with E-state index in [2.05, 4.69) is 33.2 Å². The third-order valence-corrected chi connectivity index (χ3v) is 6.03. The summed E-state index contributed by atoms with van der Waals surface area (Å²) < 4.78 is 7.57. The van der Waals surface area contributed by atoms with Gasteiger partial charge in [-0.3, -0.25) is 0 Å². The highest BCUT2D eigenvalue weighted by Crippen LogP contribution is 2.33. The lowest BCUT2D eigenvalue weighted by Crippen LogP contribution is -2.44. The number of hydrogen-bond donors (Lipinski definition) is 1. The normalized spacial score (nSPS) is 14.7. The quantitative estimate of drug-likeness (QED) is 0.483. The lowest BCUT2D eigenvalue weighted by atomic mass is 10.2. The van der Waals surface area contributed by atoms with E-state index in [0.29, 0.717) is 11.0 Å². The highest BCUT2D eigenvalue weighted by Gasteiger charge is 2.18. The van der Waals surface area contributed by atoms with Crippen LogP contribution in [0.25, 0.3) is 16.8 Å². The van der Waals surface area contributed by atoms with E-state index in [4.69, 9.17) is 21.4 Å². The van der Waals surface area contributed by atoms with Crippen LogP contribution in [-0.2, 0) is 0 Å². The summed E-state index contributed by atoms with van der Waals surface area (Å²) in [6, 6.07) is 17.9. The lowest BCUT2D eigenvalue weighted by molar-refractivity contribution is 0.311. The Morgan fingerprint density at radius 2 is 1.84 bits per heavy atom. The fraction of sp³-hybridized carbons (Fsp3) is 0.250. The van der Waals surface area contributed by atoms with Crippen molar-refractivity contribution in [3.8, 4) is 17.0 Å². The highest BCUT2D eigenvalue weighted by molar-refractivity contribution is 6.30. The Hall–Kier alpha value is -3.29. The number of anilines is 3. The molecule has 2 aromatic carbocycles. The molecule has 8 heteroatoms. The van der Waals surface area contributed by atoms with E-state index in [1.165, 1.54) is 0 Å². The van der Waals surface area contributed by atoms with E-state index in [9.17, 15) is 0 Å². The van der Waals surface area contributed by atoms with E-state index in [1.807, 2.05) is 53.0 Å². The van der Waals surface area contributed by atoms with Crippen molar-refractivity contribution in [3.63, 3.8) is 0 Å². The van der Waals surface area contributed by atoms with Gasteiger partial charge in [0.05, 0.1) is 30.2 Å². The molecule has 0 aliphatic carbocycles. The van der Waals surface area contributed by atoms with Crippen LogP contribution >= 0.6 is 11.6 Å². The van der Waals surface area contributed by atoms with E-state index in [1.54, 1.807) is 13.3 Å².